The molecule has 3 aromatic carbocycles. The van der Waals surface area contributed by atoms with Crippen LogP contribution in [0.3, 0.4) is 0 Å². The number of aromatic nitrogens is 3. The van der Waals surface area contributed by atoms with Crippen LogP contribution in [0.5, 0.6) is 0 Å². The Bertz CT molecular complexity index is 1500. The van der Waals surface area contributed by atoms with Gasteiger partial charge in [0.15, 0.2) is 11.0 Å². The van der Waals surface area contributed by atoms with E-state index in [1.54, 1.807) is 34.9 Å². The Labute approximate surface area is 254 Å². The summed E-state index contributed by atoms with van der Waals surface area (Å²) >= 11 is 13.7. The first-order valence-corrected chi connectivity index (χ1v) is 15.4. The van der Waals surface area contributed by atoms with Gasteiger partial charge >= 0.3 is 0 Å². The lowest BCUT2D eigenvalue weighted by atomic mass is 10.1. The second-order valence-electron chi connectivity index (χ2n) is 9.96. The van der Waals surface area contributed by atoms with E-state index in [4.69, 9.17) is 23.2 Å². The normalized spacial score (nSPS) is 15.2. The Morgan fingerprint density at radius 1 is 0.902 bits per heavy atom. The van der Waals surface area contributed by atoms with E-state index in [2.05, 4.69) is 26.9 Å². The largest absolute Gasteiger partial charge is 0.339 e. The highest BCUT2D eigenvalue weighted by atomic mass is 35.5. The van der Waals surface area contributed by atoms with Gasteiger partial charge < -0.3 is 9.80 Å². The summed E-state index contributed by atoms with van der Waals surface area (Å²) in [5.41, 5.74) is 2.52. The van der Waals surface area contributed by atoms with E-state index in [1.807, 2.05) is 60.4 Å². The molecular weight excluding hydrogens is 577 g/mol. The summed E-state index contributed by atoms with van der Waals surface area (Å²) in [5, 5.41) is 10.6. The summed E-state index contributed by atoms with van der Waals surface area (Å²) < 4.78 is 2.09. The summed E-state index contributed by atoms with van der Waals surface area (Å²) in [4.78, 5) is 29.6. The Morgan fingerprint density at radius 2 is 1.63 bits per heavy atom. The van der Waals surface area contributed by atoms with E-state index in [0.717, 1.165) is 40.8 Å². The van der Waals surface area contributed by atoms with Gasteiger partial charge in [-0.2, -0.15) is 0 Å². The molecule has 1 fully saturated rings. The van der Waals surface area contributed by atoms with Crippen molar-refractivity contribution in [1.82, 2.24) is 24.6 Å². The number of hydrogen-bond donors (Lipinski definition) is 0. The molecule has 1 aromatic heterocycles. The lowest BCUT2D eigenvalue weighted by Gasteiger charge is -2.40. The fraction of sp³-hybridized carbons (Fsp3) is 0.290. The molecule has 1 aliphatic rings. The number of unbranched alkanes of at least 4 members (excludes halogenated alkanes) is 1. The molecule has 212 valence electrons. The summed E-state index contributed by atoms with van der Waals surface area (Å²) in [6.07, 6.45) is 2.15. The first-order chi connectivity index (χ1) is 19.9. The van der Waals surface area contributed by atoms with Crippen LogP contribution in [0.2, 0.25) is 10.0 Å². The van der Waals surface area contributed by atoms with Crippen molar-refractivity contribution in [2.24, 2.45) is 0 Å². The number of carbonyl (C=O) groups is 2. The molecule has 5 rings (SSSR count). The zero-order valence-corrected chi connectivity index (χ0v) is 25.1. The van der Waals surface area contributed by atoms with Gasteiger partial charge in [0.05, 0.1) is 10.0 Å². The molecule has 7 nitrogen and oxygen atoms in total. The molecule has 0 bridgehead atoms. The minimum absolute atomic E-state index is 0.0895. The van der Waals surface area contributed by atoms with Crippen LogP contribution in [0.15, 0.2) is 84.0 Å². The van der Waals surface area contributed by atoms with E-state index in [1.165, 1.54) is 0 Å². The quantitative estimate of drug-likeness (QED) is 0.153. The van der Waals surface area contributed by atoms with E-state index in [9.17, 15) is 9.59 Å². The van der Waals surface area contributed by atoms with Crippen molar-refractivity contribution in [1.29, 1.82) is 0 Å². The Balaban J connectivity index is 1.12. The Morgan fingerprint density at radius 3 is 2.34 bits per heavy atom. The summed E-state index contributed by atoms with van der Waals surface area (Å²) in [7, 11) is 0. The van der Waals surface area contributed by atoms with Crippen LogP contribution < -0.4 is 0 Å². The molecule has 0 radical (unpaired) electrons. The molecular formula is C31H31Cl2N5O2S. The topological polar surface area (TPSA) is 71.3 Å². The highest BCUT2D eigenvalue weighted by Crippen LogP contribution is 2.29. The minimum atomic E-state index is -0.0982. The van der Waals surface area contributed by atoms with Crippen LogP contribution in [-0.4, -0.2) is 67.8 Å². The van der Waals surface area contributed by atoms with Crippen LogP contribution in [-0.2, 0) is 4.79 Å². The maximum atomic E-state index is 13.0. The molecule has 4 aromatic rings. The van der Waals surface area contributed by atoms with Crippen molar-refractivity contribution >= 4 is 46.8 Å². The standard InChI is InChI=1S/C31H31Cl2N5O2S/c1-22-21-36(17-18-37(22)30(40)24-15-16-26(32)27(33)20-24)28(39)14-8-9-19-41-31-35-34-29(23-10-4-2-5-11-23)38(31)25-12-6-3-7-13-25/h2-7,10-13,15-16,20,22H,8-9,14,17-19,21H2,1H3. The SMILES string of the molecule is CC1CN(C(=O)CCCCSc2nnc(-c3ccccc3)n2-c2ccccc2)CCN1C(=O)c1ccc(Cl)c(Cl)c1. The van der Waals surface area contributed by atoms with Gasteiger partial charge in [0.25, 0.3) is 5.91 Å². The fourth-order valence-electron chi connectivity index (χ4n) is 4.93. The monoisotopic (exact) mass is 607 g/mol. The smallest absolute Gasteiger partial charge is 0.254 e. The van der Waals surface area contributed by atoms with Gasteiger partial charge in [-0.05, 0) is 50.1 Å². The first-order valence-electron chi connectivity index (χ1n) is 13.6. The van der Waals surface area contributed by atoms with Gasteiger partial charge in [-0.1, -0.05) is 83.5 Å². The van der Waals surface area contributed by atoms with Crippen molar-refractivity contribution in [3.8, 4) is 17.1 Å². The van der Waals surface area contributed by atoms with Gasteiger partial charge in [0.1, 0.15) is 0 Å². The van der Waals surface area contributed by atoms with E-state index in [-0.39, 0.29) is 17.9 Å². The molecule has 2 heterocycles. The number of hydrogen-bond acceptors (Lipinski definition) is 5. The van der Waals surface area contributed by atoms with Crippen molar-refractivity contribution in [3.05, 3.63) is 94.5 Å². The molecule has 0 aliphatic carbocycles. The predicted molar refractivity (Wildman–Crippen MR) is 165 cm³/mol. The molecule has 1 saturated heterocycles. The fourth-order valence-corrected chi connectivity index (χ4v) is 6.18. The molecule has 2 amide bonds. The lowest BCUT2D eigenvalue weighted by molar-refractivity contribution is -0.133. The Kier molecular flexibility index (Phi) is 9.64. The van der Waals surface area contributed by atoms with Crippen LogP contribution in [0, 0.1) is 0 Å². The van der Waals surface area contributed by atoms with E-state index < -0.39 is 0 Å². The summed E-state index contributed by atoms with van der Waals surface area (Å²) in [5.74, 6) is 1.66. The summed E-state index contributed by atoms with van der Waals surface area (Å²) in [6.45, 7) is 3.50. The zero-order valence-electron chi connectivity index (χ0n) is 22.7. The molecule has 1 atom stereocenters. The van der Waals surface area contributed by atoms with Gasteiger partial charge in [-0.15, -0.1) is 10.2 Å². The summed E-state index contributed by atoms with van der Waals surface area (Å²) in [6, 6.07) is 25.0. The second kappa shape index (κ2) is 13.6. The van der Waals surface area contributed by atoms with E-state index in [0.29, 0.717) is 41.7 Å². The van der Waals surface area contributed by atoms with E-state index >= 15 is 0 Å². The molecule has 41 heavy (non-hydrogen) atoms. The number of halogens is 2. The first kappa shape index (κ1) is 29.2. The van der Waals surface area contributed by atoms with Gasteiger partial charge in [-0.25, -0.2) is 0 Å². The minimum Gasteiger partial charge on any atom is -0.339 e. The number of rotatable bonds is 9. The highest BCUT2D eigenvalue weighted by Gasteiger charge is 2.30. The van der Waals surface area contributed by atoms with Crippen molar-refractivity contribution < 1.29 is 9.59 Å². The average molecular weight is 609 g/mol. The third-order valence-corrected chi connectivity index (χ3v) is 8.86. The molecule has 0 spiro atoms. The van der Waals surface area contributed by atoms with Crippen molar-refractivity contribution in [2.45, 2.75) is 37.4 Å². The third kappa shape index (κ3) is 6.94. The van der Waals surface area contributed by atoms with Crippen LogP contribution in [0.4, 0.5) is 0 Å². The predicted octanol–water partition coefficient (Wildman–Crippen LogP) is 6.88. The highest BCUT2D eigenvalue weighted by molar-refractivity contribution is 7.99. The average Bonchev–Trinajstić information content (AvgIpc) is 3.42. The van der Waals surface area contributed by atoms with Crippen molar-refractivity contribution in [2.75, 3.05) is 25.4 Å². The van der Waals surface area contributed by atoms with Crippen LogP contribution >= 0.6 is 35.0 Å². The van der Waals surface area contributed by atoms with Gasteiger partial charge in [0.2, 0.25) is 5.91 Å². The number of carbonyl (C=O) groups excluding carboxylic acids is 2. The maximum Gasteiger partial charge on any atom is 0.254 e. The molecule has 1 aliphatic heterocycles. The Hall–Kier alpha value is -3.33. The number of nitrogens with zero attached hydrogens (tertiary/aromatic N) is 5. The molecule has 1 unspecified atom stereocenters. The molecule has 0 saturated carbocycles. The maximum absolute atomic E-state index is 13.0. The van der Waals surface area contributed by atoms with Crippen molar-refractivity contribution in [3.63, 3.8) is 0 Å². The second-order valence-corrected chi connectivity index (χ2v) is 11.8. The molecule has 10 heteroatoms. The lowest BCUT2D eigenvalue weighted by Crippen LogP contribution is -2.55. The van der Waals surface area contributed by atoms with Gasteiger partial charge in [-0.3, -0.25) is 14.2 Å². The van der Waals surface area contributed by atoms with Crippen LogP contribution in [0.1, 0.15) is 36.5 Å². The third-order valence-electron chi connectivity index (χ3n) is 7.10. The number of para-hydroxylation sites is 1. The van der Waals surface area contributed by atoms with Gasteiger partial charge in [0, 0.05) is 54.7 Å². The number of thioether (sulfide) groups is 1. The number of amides is 2. The number of piperazine rings is 1. The molecule has 0 N–H and O–H groups in total. The van der Waals surface area contributed by atoms with Crippen LogP contribution in [0.25, 0.3) is 17.1 Å². The number of benzene rings is 3. The zero-order chi connectivity index (χ0) is 28.8.